The molecule has 1 heterocycles. The number of aromatic nitrogens is 2. The highest BCUT2D eigenvalue weighted by atomic mass is 16.5. The number of amides is 1. The summed E-state index contributed by atoms with van der Waals surface area (Å²) >= 11 is 0. The van der Waals surface area contributed by atoms with Gasteiger partial charge in [-0.3, -0.25) is 14.4 Å². The summed E-state index contributed by atoms with van der Waals surface area (Å²) in [6, 6.07) is 12.5. The van der Waals surface area contributed by atoms with Crippen LogP contribution in [0.2, 0.25) is 0 Å². The van der Waals surface area contributed by atoms with E-state index in [9.17, 15) is 14.4 Å². The average Bonchev–Trinajstić information content (AvgIpc) is 2.68. The fourth-order valence-corrected chi connectivity index (χ4v) is 2.71. The maximum atomic E-state index is 12.0. The van der Waals surface area contributed by atoms with Gasteiger partial charge in [-0.25, -0.2) is 4.98 Å². The van der Waals surface area contributed by atoms with Crippen LogP contribution in [0.3, 0.4) is 0 Å². The molecule has 3 rings (SSSR count). The summed E-state index contributed by atoms with van der Waals surface area (Å²) in [4.78, 5) is 42.8. The van der Waals surface area contributed by atoms with Crippen molar-refractivity contribution >= 4 is 28.5 Å². The monoisotopic (exact) mass is 379 g/mol. The van der Waals surface area contributed by atoms with Gasteiger partial charge in [-0.1, -0.05) is 18.2 Å². The molecule has 28 heavy (non-hydrogen) atoms. The van der Waals surface area contributed by atoms with Gasteiger partial charge in [0.2, 0.25) is 0 Å². The molecule has 0 bridgehead atoms. The Morgan fingerprint density at radius 3 is 2.68 bits per heavy atom. The minimum Gasteiger partial charge on any atom is -0.456 e. The lowest BCUT2D eigenvalue weighted by Gasteiger charge is -2.08. The molecule has 0 spiro atoms. The van der Waals surface area contributed by atoms with Crippen molar-refractivity contribution in [3.63, 3.8) is 0 Å². The van der Waals surface area contributed by atoms with Gasteiger partial charge in [0.1, 0.15) is 5.82 Å². The van der Waals surface area contributed by atoms with Crippen LogP contribution in [-0.4, -0.2) is 28.5 Å². The molecule has 0 aliphatic rings. The Morgan fingerprint density at radius 2 is 1.89 bits per heavy atom. The van der Waals surface area contributed by atoms with Gasteiger partial charge in [-0.15, -0.1) is 0 Å². The Labute approximate surface area is 161 Å². The molecule has 3 aromatic rings. The second kappa shape index (κ2) is 8.47. The lowest BCUT2D eigenvalue weighted by molar-refractivity contribution is -0.147. The van der Waals surface area contributed by atoms with Crippen molar-refractivity contribution in [2.45, 2.75) is 26.7 Å². The third-order valence-corrected chi connectivity index (χ3v) is 4.38. The summed E-state index contributed by atoms with van der Waals surface area (Å²) in [6.07, 6.45) is 0.232. The van der Waals surface area contributed by atoms with Crippen LogP contribution < -0.4 is 10.9 Å². The summed E-state index contributed by atoms with van der Waals surface area (Å²) in [5, 5.41) is 3.19. The van der Waals surface area contributed by atoms with Crippen LogP contribution in [-0.2, 0) is 20.7 Å². The standard InChI is InChI=1S/C21H21N3O4/c1-13-7-8-15(11-14(13)2)22-19(25)12-28-20(26)10-9-18-23-17-6-4-3-5-16(17)21(27)24-18/h3-8,11H,9-10,12H2,1-2H3,(H,22,25)(H,23,24,27). The molecule has 2 aromatic carbocycles. The molecule has 7 heteroatoms. The molecule has 0 atom stereocenters. The third-order valence-electron chi connectivity index (χ3n) is 4.38. The number of para-hydroxylation sites is 1. The van der Waals surface area contributed by atoms with Crippen molar-refractivity contribution in [1.29, 1.82) is 0 Å². The first-order valence-electron chi connectivity index (χ1n) is 8.93. The number of anilines is 1. The topological polar surface area (TPSA) is 101 Å². The van der Waals surface area contributed by atoms with Crippen molar-refractivity contribution < 1.29 is 14.3 Å². The molecule has 1 aromatic heterocycles. The highest BCUT2D eigenvalue weighted by molar-refractivity contribution is 5.92. The first-order valence-corrected chi connectivity index (χ1v) is 8.93. The maximum Gasteiger partial charge on any atom is 0.306 e. The van der Waals surface area contributed by atoms with Crippen LogP contribution >= 0.6 is 0 Å². The van der Waals surface area contributed by atoms with Gasteiger partial charge in [0.15, 0.2) is 6.61 Å². The van der Waals surface area contributed by atoms with Crippen LogP contribution in [0.4, 0.5) is 5.69 Å². The number of hydrogen-bond acceptors (Lipinski definition) is 5. The SMILES string of the molecule is Cc1ccc(NC(=O)COC(=O)CCc2nc3ccccc3c(=O)[nH]2)cc1C. The van der Waals surface area contributed by atoms with E-state index in [1.807, 2.05) is 26.0 Å². The number of fused-ring (bicyclic) bond motifs is 1. The number of benzene rings is 2. The number of aryl methyl sites for hydroxylation is 3. The van der Waals surface area contributed by atoms with Gasteiger partial charge in [-0.05, 0) is 49.2 Å². The summed E-state index contributed by atoms with van der Waals surface area (Å²) in [5.41, 5.74) is 3.17. The van der Waals surface area contributed by atoms with E-state index < -0.39 is 11.9 Å². The second-order valence-corrected chi connectivity index (χ2v) is 6.54. The number of esters is 1. The highest BCUT2D eigenvalue weighted by Gasteiger charge is 2.10. The number of ether oxygens (including phenoxy) is 1. The largest absolute Gasteiger partial charge is 0.456 e. The number of carbonyl (C=O) groups is 2. The van der Waals surface area contributed by atoms with Gasteiger partial charge in [0.25, 0.3) is 11.5 Å². The fourth-order valence-electron chi connectivity index (χ4n) is 2.71. The molecule has 0 aliphatic heterocycles. The van der Waals surface area contributed by atoms with Gasteiger partial charge in [0.05, 0.1) is 17.3 Å². The number of carbonyl (C=O) groups excluding carboxylic acids is 2. The Hall–Kier alpha value is -3.48. The minimum absolute atomic E-state index is 0.0121. The van der Waals surface area contributed by atoms with E-state index in [0.717, 1.165) is 11.1 Å². The predicted molar refractivity (Wildman–Crippen MR) is 106 cm³/mol. The average molecular weight is 379 g/mol. The molecule has 7 nitrogen and oxygen atoms in total. The lowest BCUT2D eigenvalue weighted by Crippen LogP contribution is -2.21. The predicted octanol–water partition coefficient (Wildman–Crippen LogP) is 2.65. The summed E-state index contributed by atoms with van der Waals surface area (Å²) in [7, 11) is 0. The van der Waals surface area contributed by atoms with Gasteiger partial charge >= 0.3 is 5.97 Å². The summed E-state index contributed by atoms with van der Waals surface area (Å²) in [5.74, 6) is -0.542. The zero-order chi connectivity index (χ0) is 20.1. The maximum absolute atomic E-state index is 12.0. The van der Waals surface area contributed by atoms with Gasteiger partial charge in [-0.2, -0.15) is 0 Å². The van der Waals surface area contributed by atoms with Crippen LogP contribution in [0, 0.1) is 13.8 Å². The quantitative estimate of drug-likeness (QED) is 0.641. The number of nitrogens with zero attached hydrogens (tertiary/aromatic N) is 1. The van der Waals surface area contributed by atoms with E-state index in [0.29, 0.717) is 22.4 Å². The van der Waals surface area contributed by atoms with Crippen molar-refractivity contribution in [3.8, 4) is 0 Å². The number of rotatable bonds is 6. The molecular weight excluding hydrogens is 358 g/mol. The zero-order valence-corrected chi connectivity index (χ0v) is 15.7. The number of nitrogens with one attached hydrogen (secondary N) is 2. The van der Waals surface area contributed by atoms with Crippen LogP contribution in [0.25, 0.3) is 10.9 Å². The highest BCUT2D eigenvalue weighted by Crippen LogP contribution is 2.14. The van der Waals surface area contributed by atoms with Crippen LogP contribution in [0.1, 0.15) is 23.4 Å². The zero-order valence-electron chi connectivity index (χ0n) is 15.7. The summed E-state index contributed by atoms with van der Waals surface area (Å²) in [6.45, 7) is 3.57. The molecule has 0 aliphatic carbocycles. The Balaban J connectivity index is 1.50. The van der Waals surface area contributed by atoms with Crippen molar-refractivity contribution in [1.82, 2.24) is 9.97 Å². The first kappa shape index (κ1) is 19.3. The second-order valence-electron chi connectivity index (χ2n) is 6.54. The van der Waals surface area contributed by atoms with Gasteiger partial charge in [0, 0.05) is 12.1 Å². The number of aromatic amines is 1. The number of H-pyrrole nitrogens is 1. The van der Waals surface area contributed by atoms with E-state index in [2.05, 4.69) is 15.3 Å². The lowest BCUT2D eigenvalue weighted by atomic mass is 10.1. The Kier molecular flexibility index (Phi) is 5.84. The first-order chi connectivity index (χ1) is 13.4. The minimum atomic E-state index is -0.536. The van der Waals surface area contributed by atoms with E-state index in [4.69, 9.17) is 4.74 Å². The van der Waals surface area contributed by atoms with Crippen LogP contribution in [0.5, 0.6) is 0 Å². The molecule has 144 valence electrons. The molecule has 0 fully saturated rings. The van der Waals surface area contributed by atoms with E-state index in [1.54, 1.807) is 30.3 Å². The van der Waals surface area contributed by atoms with Gasteiger partial charge < -0.3 is 15.0 Å². The van der Waals surface area contributed by atoms with Crippen molar-refractivity contribution in [2.75, 3.05) is 11.9 Å². The van der Waals surface area contributed by atoms with Crippen molar-refractivity contribution in [2.24, 2.45) is 0 Å². The normalized spacial score (nSPS) is 10.6. The van der Waals surface area contributed by atoms with E-state index >= 15 is 0 Å². The fraction of sp³-hybridized carbons (Fsp3) is 0.238. The molecule has 0 unspecified atom stereocenters. The molecule has 0 radical (unpaired) electrons. The molecule has 1 amide bonds. The van der Waals surface area contributed by atoms with Crippen molar-refractivity contribution in [3.05, 3.63) is 69.8 Å². The van der Waals surface area contributed by atoms with Crippen LogP contribution in [0.15, 0.2) is 47.3 Å². The Bertz CT molecular complexity index is 1090. The molecule has 0 saturated carbocycles. The molecule has 0 saturated heterocycles. The number of hydrogen-bond donors (Lipinski definition) is 2. The Morgan fingerprint density at radius 1 is 1.11 bits per heavy atom. The molecule has 2 N–H and O–H groups in total. The molecular formula is C21H21N3O4. The summed E-state index contributed by atoms with van der Waals surface area (Å²) < 4.78 is 5.00. The van der Waals surface area contributed by atoms with E-state index in [1.165, 1.54) is 0 Å². The smallest absolute Gasteiger partial charge is 0.306 e. The third kappa shape index (κ3) is 4.82. The van der Waals surface area contributed by atoms with E-state index in [-0.39, 0.29) is 25.0 Å².